The summed E-state index contributed by atoms with van der Waals surface area (Å²) in [5.41, 5.74) is 0.844. The highest BCUT2D eigenvalue weighted by molar-refractivity contribution is 5.99. The van der Waals surface area contributed by atoms with Crippen LogP contribution >= 0.6 is 0 Å². The van der Waals surface area contributed by atoms with E-state index in [4.69, 9.17) is 4.74 Å². The molecule has 8 heteroatoms. The summed E-state index contributed by atoms with van der Waals surface area (Å²) in [6, 6.07) is 11.7. The topological polar surface area (TPSA) is 83.4 Å². The number of hydrogen-bond acceptors (Lipinski definition) is 7. The second-order valence-electron chi connectivity index (χ2n) is 9.12. The second kappa shape index (κ2) is 8.36. The van der Waals surface area contributed by atoms with Crippen LogP contribution in [-0.4, -0.2) is 51.8 Å². The van der Waals surface area contributed by atoms with Gasteiger partial charge in [-0.15, -0.1) is 0 Å². The molecule has 0 radical (unpaired) electrons. The van der Waals surface area contributed by atoms with Gasteiger partial charge in [-0.1, -0.05) is 31.2 Å². The van der Waals surface area contributed by atoms with Crippen LogP contribution < -0.4 is 15.0 Å². The Bertz CT molecular complexity index is 1380. The van der Waals surface area contributed by atoms with E-state index >= 15 is 4.39 Å². The van der Waals surface area contributed by atoms with E-state index in [-0.39, 0.29) is 23.0 Å². The van der Waals surface area contributed by atoms with Gasteiger partial charge in [0.2, 0.25) is 0 Å². The van der Waals surface area contributed by atoms with Crippen molar-refractivity contribution in [2.45, 2.75) is 38.3 Å². The van der Waals surface area contributed by atoms with Crippen LogP contribution in [0.3, 0.4) is 0 Å². The molecule has 0 amide bonds. The Morgan fingerprint density at radius 1 is 1.12 bits per heavy atom. The van der Waals surface area contributed by atoms with Crippen molar-refractivity contribution >= 4 is 27.5 Å². The van der Waals surface area contributed by atoms with Crippen LogP contribution in [0.2, 0.25) is 0 Å². The summed E-state index contributed by atoms with van der Waals surface area (Å²) in [4.78, 5) is 15.9. The SMILES string of the molecule is CCCOc1nc(N2CC3CCC(C2)N3)c2cnc(-c3cc(O)cc4ccccc34)c(F)c2n1. The van der Waals surface area contributed by atoms with Crippen molar-refractivity contribution in [2.24, 2.45) is 0 Å². The number of aromatic nitrogens is 3. The number of phenolic OH excluding ortho intramolecular Hbond substituents is 1. The number of aromatic hydroxyl groups is 1. The van der Waals surface area contributed by atoms with Gasteiger partial charge in [-0.05, 0) is 42.2 Å². The number of phenols is 1. The fourth-order valence-electron chi connectivity index (χ4n) is 5.17. The van der Waals surface area contributed by atoms with E-state index in [0.717, 1.165) is 43.1 Å². The number of halogens is 1. The number of pyridine rings is 1. The zero-order valence-corrected chi connectivity index (χ0v) is 19.0. The molecule has 4 aromatic rings. The molecule has 174 valence electrons. The second-order valence-corrected chi connectivity index (χ2v) is 9.12. The fraction of sp³-hybridized carbons (Fsp3) is 0.346. The molecule has 2 fully saturated rings. The van der Waals surface area contributed by atoms with Crippen molar-refractivity contribution in [1.29, 1.82) is 0 Å². The Hall–Kier alpha value is -3.52. The molecule has 2 aliphatic rings. The summed E-state index contributed by atoms with van der Waals surface area (Å²) >= 11 is 0. The number of ether oxygens (including phenoxy) is 1. The molecule has 2 aromatic carbocycles. The molecular formula is C26H26FN5O2. The minimum atomic E-state index is -0.545. The van der Waals surface area contributed by atoms with Crippen molar-refractivity contribution in [3.05, 3.63) is 48.4 Å². The Morgan fingerprint density at radius 2 is 1.91 bits per heavy atom. The standard InChI is InChI=1S/C26H26FN5O2/c1-2-9-34-26-30-24-21(25(31-26)32-13-16-7-8-17(14-32)29-16)12-28-23(22(24)27)20-11-18(33)10-15-5-3-4-6-19(15)20/h3-6,10-12,16-17,29,33H,2,7-9,13-14H2,1H3. The summed E-state index contributed by atoms with van der Waals surface area (Å²) in [6.45, 7) is 4.06. The summed E-state index contributed by atoms with van der Waals surface area (Å²) in [5, 5.41) is 16.1. The van der Waals surface area contributed by atoms with E-state index in [0.29, 0.717) is 35.5 Å². The molecule has 6 rings (SSSR count). The quantitative estimate of drug-likeness (QED) is 0.457. The Balaban J connectivity index is 1.54. The summed E-state index contributed by atoms with van der Waals surface area (Å²) in [7, 11) is 0. The maximum atomic E-state index is 16.1. The Labute approximate surface area is 196 Å². The van der Waals surface area contributed by atoms with E-state index in [1.165, 1.54) is 0 Å². The number of nitrogens with zero attached hydrogens (tertiary/aromatic N) is 4. The first-order valence-electron chi connectivity index (χ1n) is 11.8. The average Bonchev–Trinajstić information content (AvgIpc) is 3.19. The molecule has 2 unspecified atom stereocenters. The van der Waals surface area contributed by atoms with Gasteiger partial charge in [0.05, 0.1) is 12.0 Å². The van der Waals surface area contributed by atoms with Gasteiger partial charge < -0.3 is 20.1 Å². The summed E-state index contributed by atoms with van der Waals surface area (Å²) in [6.07, 6.45) is 4.71. The summed E-state index contributed by atoms with van der Waals surface area (Å²) in [5.74, 6) is 0.172. The van der Waals surface area contributed by atoms with Crippen LogP contribution in [0.25, 0.3) is 32.9 Å². The maximum Gasteiger partial charge on any atom is 0.319 e. The smallest absolute Gasteiger partial charge is 0.319 e. The van der Waals surface area contributed by atoms with Crippen LogP contribution in [0, 0.1) is 5.82 Å². The third kappa shape index (κ3) is 3.58. The average molecular weight is 460 g/mol. The largest absolute Gasteiger partial charge is 0.508 e. The first kappa shape index (κ1) is 21.0. The monoisotopic (exact) mass is 459 g/mol. The molecule has 0 aliphatic carbocycles. The van der Waals surface area contributed by atoms with Gasteiger partial charge >= 0.3 is 6.01 Å². The molecule has 4 heterocycles. The highest BCUT2D eigenvalue weighted by atomic mass is 19.1. The predicted octanol–water partition coefficient (Wildman–Crippen LogP) is 4.42. The lowest BCUT2D eigenvalue weighted by Crippen LogP contribution is -2.51. The third-order valence-corrected chi connectivity index (χ3v) is 6.70. The van der Waals surface area contributed by atoms with Gasteiger partial charge in [0.1, 0.15) is 22.8 Å². The number of hydrogen-bond donors (Lipinski definition) is 2. The minimum absolute atomic E-state index is 0.0571. The Kier molecular flexibility index (Phi) is 5.17. The number of anilines is 1. The number of benzene rings is 2. The van der Waals surface area contributed by atoms with Crippen LogP contribution in [0.5, 0.6) is 11.8 Å². The predicted molar refractivity (Wildman–Crippen MR) is 130 cm³/mol. The molecule has 2 bridgehead atoms. The van der Waals surface area contributed by atoms with Crippen molar-refractivity contribution in [1.82, 2.24) is 20.3 Å². The van der Waals surface area contributed by atoms with Gasteiger partial charge in [-0.25, -0.2) is 4.39 Å². The molecule has 0 spiro atoms. The van der Waals surface area contributed by atoms with Crippen LogP contribution in [-0.2, 0) is 0 Å². The van der Waals surface area contributed by atoms with Crippen molar-refractivity contribution in [3.63, 3.8) is 0 Å². The molecule has 2 aliphatic heterocycles. The van der Waals surface area contributed by atoms with Gasteiger partial charge in [0, 0.05) is 36.9 Å². The molecule has 34 heavy (non-hydrogen) atoms. The highest BCUT2D eigenvalue weighted by Crippen LogP contribution is 2.37. The van der Waals surface area contributed by atoms with Crippen LogP contribution in [0.1, 0.15) is 26.2 Å². The Morgan fingerprint density at radius 3 is 2.71 bits per heavy atom. The summed E-state index contributed by atoms with van der Waals surface area (Å²) < 4.78 is 21.9. The van der Waals surface area contributed by atoms with E-state index in [2.05, 4.69) is 25.2 Å². The van der Waals surface area contributed by atoms with Gasteiger partial charge in [0.15, 0.2) is 5.82 Å². The molecule has 2 N–H and O–H groups in total. The fourth-order valence-corrected chi connectivity index (χ4v) is 5.17. The van der Waals surface area contributed by atoms with Crippen LogP contribution in [0.15, 0.2) is 42.6 Å². The lowest BCUT2D eigenvalue weighted by atomic mass is 10.0. The molecule has 0 saturated carbocycles. The minimum Gasteiger partial charge on any atom is -0.508 e. The number of piperazine rings is 1. The van der Waals surface area contributed by atoms with E-state index in [1.54, 1.807) is 18.3 Å². The number of fused-ring (bicyclic) bond motifs is 4. The maximum absolute atomic E-state index is 16.1. The van der Waals surface area contributed by atoms with Crippen molar-refractivity contribution in [2.75, 3.05) is 24.6 Å². The third-order valence-electron chi connectivity index (χ3n) is 6.70. The lowest BCUT2D eigenvalue weighted by Gasteiger charge is -2.34. The zero-order valence-electron chi connectivity index (χ0n) is 19.0. The lowest BCUT2D eigenvalue weighted by molar-refractivity contribution is 0.293. The molecule has 2 aromatic heterocycles. The molecule has 7 nitrogen and oxygen atoms in total. The first-order valence-corrected chi connectivity index (χ1v) is 11.8. The molecule has 2 atom stereocenters. The number of nitrogens with one attached hydrogen (secondary N) is 1. The van der Waals surface area contributed by atoms with Crippen molar-refractivity contribution < 1.29 is 14.2 Å². The van der Waals surface area contributed by atoms with Crippen LogP contribution in [0.4, 0.5) is 10.2 Å². The molecule has 2 saturated heterocycles. The highest BCUT2D eigenvalue weighted by Gasteiger charge is 2.34. The van der Waals surface area contributed by atoms with Crippen molar-refractivity contribution in [3.8, 4) is 23.0 Å². The normalized spacial score (nSPS) is 19.8. The number of rotatable bonds is 5. The van der Waals surface area contributed by atoms with E-state index < -0.39 is 5.82 Å². The first-order chi connectivity index (χ1) is 16.6. The van der Waals surface area contributed by atoms with E-state index in [1.807, 2.05) is 31.2 Å². The van der Waals surface area contributed by atoms with Gasteiger partial charge in [-0.3, -0.25) is 4.98 Å². The van der Waals surface area contributed by atoms with E-state index in [9.17, 15) is 5.11 Å². The zero-order chi connectivity index (χ0) is 23.2. The molecular weight excluding hydrogens is 433 g/mol. The van der Waals surface area contributed by atoms with Gasteiger partial charge in [-0.2, -0.15) is 9.97 Å². The van der Waals surface area contributed by atoms with Gasteiger partial charge in [0.25, 0.3) is 0 Å².